The summed E-state index contributed by atoms with van der Waals surface area (Å²) in [6.45, 7) is 17.8. The molecule has 2 aliphatic carbocycles. The van der Waals surface area contributed by atoms with Gasteiger partial charge in [-0.25, -0.2) is 0 Å². The van der Waals surface area contributed by atoms with Crippen LogP contribution >= 0.6 is 0 Å². The number of carbonyl (C=O) groups is 1. The molecule has 3 atom stereocenters. The molecule has 4 nitrogen and oxygen atoms in total. The molecule has 1 fully saturated rings. The van der Waals surface area contributed by atoms with Gasteiger partial charge >= 0.3 is 5.97 Å². The maximum absolute atomic E-state index is 13.8. The molecule has 1 aromatic rings. The van der Waals surface area contributed by atoms with Crippen LogP contribution in [-0.2, 0) is 30.4 Å². The Bertz CT molecular complexity index is 797. The molecule has 168 valence electrons. The van der Waals surface area contributed by atoms with Crippen molar-refractivity contribution in [2.45, 2.75) is 96.4 Å². The Labute approximate surface area is 184 Å². The summed E-state index contributed by atoms with van der Waals surface area (Å²) in [5.41, 5.74) is 0.295. The largest absolute Gasteiger partial charge is 0.465 e. The molecule has 0 aliphatic heterocycles. The first kappa shape index (κ1) is 23.7. The number of hydrogen-bond donors (Lipinski definition) is 0. The van der Waals surface area contributed by atoms with E-state index in [0.717, 1.165) is 37.7 Å². The summed E-state index contributed by atoms with van der Waals surface area (Å²) in [4.78, 5) is 13.8. The molecule has 0 N–H and O–H groups in total. The maximum atomic E-state index is 13.8. The monoisotopic (exact) mass is 448 g/mol. The quantitative estimate of drug-likeness (QED) is 0.394. The second-order valence-electron chi connectivity index (χ2n) is 11.2. The van der Waals surface area contributed by atoms with E-state index in [1.165, 1.54) is 5.56 Å². The van der Waals surface area contributed by atoms with Gasteiger partial charge < -0.3 is 13.6 Å². The molecule has 3 rings (SSSR count). The standard InChI is InChI=1S/C24H40O4Si2/c1-9-26-21(25)23-17-12-16-22(2,27-29(3,4)5)24(23,28-30(6,7)8)20-14-11-10-13-19(20)15-18-23/h10-11,13-14H,9,12,15-18H2,1-8H3/t22-,23-,24+/m1/s1. The van der Waals surface area contributed by atoms with Crippen molar-refractivity contribution in [3.05, 3.63) is 35.4 Å². The Balaban J connectivity index is 2.38. The highest BCUT2D eigenvalue weighted by atomic mass is 28.4. The van der Waals surface area contributed by atoms with E-state index in [-0.39, 0.29) is 5.97 Å². The molecule has 0 spiro atoms. The minimum Gasteiger partial charge on any atom is -0.465 e. The second kappa shape index (κ2) is 7.87. The average Bonchev–Trinajstić information content (AvgIpc) is 2.60. The summed E-state index contributed by atoms with van der Waals surface area (Å²) < 4.78 is 20.1. The van der Waals surface area contributed by atoms with Gasteiger partial charge in [-0.1, -0.05) is 24.3 Å². The van der Waals surface area contributed by atoms with Crippen LogP contribution in [0.15, 0.2) is 24.3 Å². The van der Waals surface area contributed by atoms with E-state index in [1.54, 1.807) is 0 Å². The molecule has 0 heterocycles. The minimum absolute atomic E-state index is 0.108. The van der Waals surface area contributed by atoms with Gasteiger partial charge in [-0.2, -0.15) is 0 Å². The molecule has 0 saturated heterocycles. The third-order valence-electron chi connectivity index (χ3n) is 6.55. The van der Waals surface area contributed by atoms with Gasteiger partial charge in [0.2, 0.25) is 0 Å². The lowest BCUT2D eigenvalue weighted by Crippen LogP contribution is -2.72. The highest BCUT2D eigenvalue weighted by molar-refractivity contribution is 6.70. The van der Waals surface area contributed by atoms with Crippen LogP contribution in [0.25, 0.3) is 0 Å². The van der Waals surface area contributed by atoms with Crippen molar-refractivity contribution in [1.82, 2.24) is 0 Å². The Morgan fingerprint density at radius 3 is 2.20 bits per heavy atom. The van der Waals surface area contributed by atoms with Gasteiger partial charge in [0.1, 0.15) is 11.0 Å². The number of fused-ring (bicyclic) bond motifs is 3. The number of ether oxygens (including phenoxy) is 1. The van der Waals surface area contributed by atoms with Gasteiger partial charge in [-0.15, -0.1) is 0 Å². The van der Waals surface area contributed by atoms with Crippen molar-refractivity contribution in [3.8, 4) is 0 Å². The molecular weight excluding hydrogens is 408 g/mol. The molecule has 0 aromatic heterocycles. The molecule has 30 heavy (non-hydrogen) atoms. The van der Waals surface area contributed by atoms with E-state index in [9.17, 15) is 4.79 Å². The topological polar surface area (TPSA) is 44.8 Å². The Hall–Kier alpha value is -0.956. The van der Waals surface area contributed by atoms with Gasteiger partial charge in [-0.3, -0.25) is 4.79 Å². The first-order valence-corrected chi connectivity index (χ1v) is 18.3. The third-order valence-corrected chi connectivity index (χ3v) is 8.53. The van der Waals surface area contributed by atoms with Crippen LogP contribution in [0.1, 0.15) is 50.7 Å². The number of esters is 1. The zero-order valence-corrected chi connectivity index (χ0v) is 22.2. The smallest absolute Gasteiger partial charge is 0.315 e. The first-order chi connectivity index (χ1) is 13.8. The zero-order valence-electron chi connectivity index (χ0n) is 20.2. The molecular formula is C24H40O4Si2. The summed E-state index contributed by atoms with van der Waals surface area (Å²) in [6, 6.07) is 8.56. The SMILES string of the molecule is CCOC(=O)[C@]12CCC[C@@](C)(O[Si](C)(C)C)[C@@]1(O[Si](C)(C)C)c1ccccc1CC2. The second-order valence-corrected chi connectivity index (χ2v) is 20.0. The average molecular weight is 449 g/mol. The van der Waals surface area contributed by atoms with Crippen molar-refractivity contribution >= 4 is 22.6 Å². The molecule has 6 heteroatoms. The van der Waals surface area contributed by atoms with E-state index in [0.29, 0.717) is 6.61 Å². The fourth-order valence-corrected chi connectivity index (χ4v) is 9.03. The van der Waals surface area contributed by atoms with Crippen molar-refractivity contribution < 1.29 is 18.4 Å². The highest BCUT2D eigenvalue weighted by Crippen LogP contribution is 2.65. The summed E-state index contributed by atoms with van der Waals surface area (Å²) in [6.07, 6.45) is 4.23. The van der Waals surface area contributed by atoms with Crippen LogP contribution in [-0.4, -0.2) is 34.8 Å². The number of rotatable bonds is 6. The number of carbonyl (C=O) groups excluding carboxylic acids is 1. The lowest BCUT2D eigenvalue weighted by atomic mass is 9.50. The number of hydrogen-bond acceptors (Lipinski definition) is 4. The van der Waals surface area contributed by atoms with Crippen molar-refractivity contribution in [2.75, 3.05) is 6.61 Å². The molecule has 0 unspecified atom stereocenters. The Kier molecular flexibility index (Phi) is 6.22. The summed E-state index contributed by atoms with van der Waals surface area (Å²) in [5.74, 6) is -0.108. The lowest BCUT2D eigenvalue weighted by Gasteiger charge is -2.65. The summed E-state index contributed by atoms with van der Waals surface area (Å²) in [7, 11) is -4.02. The van der Waals surface area contributed by atoms with E-state index < -0.39 is 33.3 Å². The van der Waals surface area contributed by atoms with E-state index in [2.05, 4.69) is 70.5 Å². The van der Waals surface area contributed by atoms with Gasteiger partial charge in [0, 0.05) is 0 Å². The van der Waals surface area contributed by atoms with Crippen LogP contribution < -0.4 is 0 Å². The minimum atomic E-state index is -2.08. The number of benzene rings is 1. The Morgan fingerprint density at radius 2 is 1.60 bits per heavy atom. The van der Waals surface area contributed by atoms with E-state index in [1.807, 2.05) is 6.92 Å². The molecule has 0 radical (unpaired) electrons. The van der Waals surface area contributed by atoms with Crippen molar-refractivity contribution in [1.29, 1.82) is 0 Å². The van der Waals surface area contributed by atoms with E-state index >= 15 is 0 Å². The predicted octanol–water partition coefficient (Wildman–Crippen LogP) is 6.02. The van der Waals surface area contributed by atoms with E-state index in [4.69, 9.17) is 13.6 Å². The molecule has 1 saturated carbocycles. The van der Waals surface area contributed by atoms with Crippen LogP contribution in [0.4, 0.5) is 0 Å². The van der Waals surface area contributed by atoms with Crippen LogP contribution in [0.5, 0.6) is 0 Å². The normalized spacial score (nSPS) is 31.6. The fourth-order valence-electron chi connectivity index (χ4n) is 5.99. The third kappa shape index (κ3) is 3.85. The molecule has 2 aliphatic rings. The Morgan fingerprint density at radius 1 is 0.967 bits per heavy atom. The zero-order chi connectivity index (χ0) is 22.4. The highest BCUT2D eigenvalue weighted by Gasteiger charge is 2.72. The fraction of sp³-hybridized carbons (Fsp3) is 0.708. The van der Waals surface area contributed by atoms with Crippen LogP contribution in [0.2, 0.25) is 39.3 Å². The molecule has 0 bridgehead atoms. The predicted molar refractivity (Wildman–Crippen MR) is 127 cm³/mol. The van der Waals surface area contributed by atoms with Crippen LogP contribution in [0.3, 0.4) is 0 Å². The summed E-state index contributed by atoms with van der Waals surface area (Å²) in [5, 5.41) is 0. The van der Waals surface area contributed by atoms with Gasteiger partial charge in [0.25, 0.3) is 0 Å². The molecule has 1 aromatic carbocycles. The molecule has 0 amide bonds. The lowest BCUT2D eigenvalue weighted by molar-refractivity contribution is -0.238. The van der Waals surface area contributed by atoms with Crippen molar-refractivity contribution in [2.24, 2.45) is 5.41 Å². The first-order valence-electron chi connectivity index (χ1n) is 11.5. The van der Waals surface area contributed by atoms with Gasteiger partial charge in [0.15, 0.2) is 16.6 Å². The van der Waals surface area contributed by atoms with Crippen LogP contribution in [0, 0.1) is 5.41 Å². The van der Waals surface area contributed by atoms with Crippen molar-refractivity contribution in [3.63, 3.8) is 0 Å². The number of aryl methyl sites for hydroxylation is 1. The van der Waals surface area contributed by atoms with Gasteiger partial charge in [0.05, 0.1) is 12.2 Å². The summed E-state index contributed by atoms with van der Waals surface area (Å²) >= 11 is 0. The maximum Gasteiger partial charge on any atom is 0.315 e. The van der Waals surface area contributed by atoms with Gasteiger partial charge in [-0.05, 0) is 96.4 Å².